The molecule has 0 unspecified atom stereocenters. The molecule has 27 heavy (non-hydrogen) atoms. The van der Waals surface area contributed by atoms with Crippen LogP contribution < -0.4 is 5.32 Å². The van der Waals surface area contributed by atoms with Gasteiger partial charge in [0.25, 0.3) is 0 Å². The van der Waals surface area contributed by atoms with Gasteiger partial charge in [0.15, 0.2) is 11.0 Å². The van der Waals surface area contributed by atoms with Crippen molar-refractivity contribution in [2.45, 2.75) is 45.3 Å². The molecule has 0 radical (unpaired) electrons. The second kappa shape index (κ2) is 9.19. The molecular weight excluding hydrogens is 376 g/mol. The second-order valence-electron chi connectivity index (χ2n) is 6.32. The molecule has 1 aromatic carbocycles. The lowest BCUT2D eigenvalue weighted by Gasteiger charge is -2.08. The van der Waals surface area contributed by atoms with E-state index in [9.17, 15) is 4.79 Å². The lowest BCUT2D eigenvalue weighted by atomic mass is 10.2. The van der Waals surface area contributed by atoms with Gasteiger partial charge in [-0.3, -0.25) is 4.79 Å². The SMILES string of the molecule is CCCn1c(SCC(=O)Nc2cccc(C)c2)nnc1-c1csc(CC)c1. The molecule has 1 amide bonds. The zero-order chi connectivity index (χ0) is 19.2. The monoisotopic (exact) mass is 400 g/mol. The van der Waals surface area contributed by atoms with E-state index in [4.69, 9.17) is 0 Å². The molecule has 142 valence electrons. The average molecular weight is 401 g/mol. The summed E-state index contributed by atoms with van der Waals surface area (Å²) in [6.45, 7) is 7.13. The van der Waals surface area contributed by atoms with Gasteiger partial charge in [-0.05, 0) is 43.5 Å². The first-order chi connectivity index (χ1) is 13.1. The van der Waals surface area contributed by atoms with Gasteiger partial charge in [0.05, 0.1) is 5.75 Å². The van der Waals surface area contributed by atoms with E-state index in [1.165, 1.54) is 16.6 Å². The molecule has 0 spiro atoms. The Bertz CT molecular complexity index is 916. The number of anilines is 1. The number of amides is 1. The molecule has 0 aliphatic carbocycles. The fourth-order valence-electron chi connectivity index (χ4n) is 2.77. The van der Waals surface area contributed by atoms with E-state index in [1.807, 2.05) is 31.2 Å². The van der Waals surface area contributed by atoms with Crippen molar-refractivity contribution in [2.24, 2.45) is 0 Å². The van der Waals surface area contributed by atoms with E-state index < -0.39 is 0 Å². The molecule has 2 heterocycles. The summed E-state index contributed by atoms with van der Waals surface area (Å²) in [4.78, 5) is 13.6. The van der Waals surface area contributed by atoms with Crippen molar-refractivity contribution in [1.82, 2.24) is 14.8 Å². The number of aryl methyl sites for hydroxylation is 2. The molecule has 0 aliphatic rings. The van der Waals surface area contributed by atoms with Crippen molar-refractivity contribution in [3.8, 4) is 11.4 Å². The van der Waals surface area contributed by atoms with E-state index in [0.717, 1.165) is 47.2 Å². The highest BCUT2D eigenvalue weighted by atomic mass is 32.2. The lowest BCUT2D eigenvalue weighted by molar-refractivity contribution is -0.113. The van der Waals surface area contributed by atoms with Crippen LogP contribution >= 0.6 is 23.1 Å². The van der Waals surface area contributed by atoms with Crippen LogP contribution in [0.4, 0.5) is 5.69 Å². The molecule has 1 N–H and O–H groups in total. The van der Waals surface area contributed by atoms with Gasteiger partial charge in [-0.1, -0.05) is 37.7 Å². The van der Waals surface area contributed by atoms with Gasteiger partial charge < -0.3 is 9.88 Å². The van der Waals surface area contributed by atoms with Crippen LogP contribution in [0.2, 0.25) is 0 Å². The van der Waals surface area contributed by atoms with Crippen molar-refractivity contribution >= 4 is 34.7 Å². The summed E-state index contributed by atoms with van der Waals surface area (Å²) in [5, 5.41) is 14.6. The van der Waals surface area contributed by atoms with Crippen molar-refractivity contribution in [3.05, 3.63) is 46.2 Å². The number of hydrogen-bond donors (Lipinski definition) is 1. The molecule has 5 nitrogen and oxygen atoms in total. The first kappa shape index (κ1) is 19.6. The van der Waals surface area contributed by atoms with Crippen molar-refractivity contribution in [1.29, 1.82) is 0 Å². The molecule has 0 saturated carbocycles. The number of nitrogens with zero attached hydrogens (tertiary/aromatic N) is 3. The third-order valence-electron chi connectivity index (χ3n) is 4.06. The van der Waals surface area contributed by atoms with Gasteiger partial charge in [0, 0.05) is 28.1 Å². The summed E-state index contributed by atoms with van der Waals surface area (Å²) >= 11 is 3.18. The van der Waals surface area contributed by atoms with Gasteiger partial charge in [-0.15, -0.1) is 21.5 Å². The molecule has 3 rings (SSSR count). The van der Waals surface area contributed by atoms with Crippen LogP contribution in [0, 0.1) is 6.92 Å². The van der Waals surface area contributed by atoms with E-state index in [1.54, 1.807) is 11.3 Å². The standard InChI is InChI=1S/C20H24N4OS2/c1-4-9-24-19(15-11-17(5-2)26-12-15)22-23-20(24)27-13-18(25)21-16-8-6-7-14(3)10-16/h6-8,10-12H,4-5,9,13H2,1-3H3,(H,21,25). The molecule has 7 heteroatoms. The van der Waals surface area contributed by atoms with E-state index in [2.05, 4.69) is 45.4 Å². The van der Waals surface area contributed by atoms with Gasteiger partial charge in [-0.25, -0.2) is 0 Å². The maximum absolute atomic E-state index is 12.3. The smallest absolute Gasteiger partial charge is 0.234 e. The summed E-state index contributed by atoms with van der Waals surface area (Å²) in [6.07, 6.45) is 2.01. The molecule has 0 fully saturated rings. The summed E-state index contributed by atoms with van der Waals surface area (Å²) < 4.78 is 2.12. The summed E-state index contributed by atoms with van der Waals surface area (Å²) in [7, 11) is 0. The highest BCUT2D eigenvalue weighted by molar-refractivity contribution is 7.99. The summed E-state index contributed by atoms with van der Waals surface area (Å²) in [5.74, 6) is 1.15. The molecule has 2 aromatic heterocycles. The fraction of sp³-hybridized carbons (Fsp3) is 0.350. The van der Waals surface area contributed by atoms with Crippen LogP contribution in [-0.2, 0) is 17.8 Å². The van der Waals surface area contributed by atoms with Gasteiger partial charge >= 0.3 is 0 Å². The summed E-state index contributed by atoms with van der Waals surface area (Å²) in [5.41, 5.74) is 3.05. The molecule has 0 aliphatic heterocycles. The zero-order valence-electron chi connectivity index (χ0n) is 15.9. The third-order valence-corrected chi connectivity index (χ3v) is 6.11. The predicted molar refractivity (Wildman–Crippen MR) is 114 cm³/mol. The quantitative estimate of drug-likeness (QED) is 0.540. The zero-order valence-corrected chi connectivity index (χ0v) is 17.5. The Labute approximate surface area is 168 Å². The van der Waals surface area contributed by atoms with E-state index in [0.29, 0.717) is 5.75 Å². The van der Waals surface area contributed by atoms with Gasteiger partial charge in [0.1, 0.15) is 0 Å². The number of aromatic nitrogens is 3. The number of rotatable bonds is 8. The van der Waals surface area contributed by atoms with Crippen LogP contribution in [0.5, 0.6) is 0 Å². The lowest BCUT2D eigenvalue weighted by Crippen LogP contribution is -2.14. The number of thiophene rings is 1. The third kappa shape index (κ3) is 4.99. The van der Waals surface area contributed by atoms with Gasteiger partial charge in [-0.2, -0.15) is 0 Å². The number of carbonyl (C=O) groups excluding carboxylic acids is 1. The van der Waals surface area contributed by atoms with Crippen LogP contribution in [0.15, 0.2) is 40.9 Å². The molecular formula is C20H24N4OS2. The Kier molecular flexibility index (Phi) is 6.68. The number of hydrogen-bond acceptors (Lipinski definition) is 5. The Morgan fingerprint density at radius 1 is 1.26 bits per heavy atom. The molecule has 3 aromatic rings. The van der Waals surface area contributed by atoms with Crippen LogP contribution in [-0.4, -0.2) is 26.4 Å². The van der Waals surface area contributed by atoms with Crippen molar-refractivity contribution in [2.75, 3.05) is 11.1 Å². The van der Waals surface area contributed by atoms with E-state index >= 15 is 0 Å². The number of carbonyl (C=O) groups is 1. The maximum Gasteiger partial charge on any atom is 0.234 e. The minimum Gasteiger partial charge on any atom is -0.325 e. The highest BCUT2D eigenvalue weighted by Gasteiger charge is 2.16. The topological polar surface area (TPSA) is 59.8 Å². The number of benzene rings is 1. The Balaban J connectivity index is 1.70. The molecule has 0 bridgehead atoms. The Morgan fingerprint density at radius 2 is 2.11 bits per heavy atom. The van der Waals surface area contributed by atoms with Gasteiger partial charge in [0.2, 0.25) is 5.91 Å². The van der Waals surface area contributed by atoms with E-state index in [-0.39, 0.29) is 5.91 Å². The normalized spacial score (nSPS) is 10.9. The Hall–Kier alpha value is -2.12. The van der Waals surface area contributed by atoms with Crippen molar-refractivity contribution < 1.29 is 4.79 Å². The number of nitrogens with one attached hydrogen (secondary N) is 1. The molecule has 0 saturated heterocycles. The van der Waals surface area contributed by atoms with Crippen LogP contribution in [0.25, 0.3) is 11.4 Å². The van der Waals surface area contributed by atoms with Crippen molar-refractivity contribution in [3.63, 3.8) is 0 Å². The minimum absolute atomic E-state index is 0.0398. The van der Waals surface area contributed by atoms with Crippen LogP contribution in [0.1, 0.15) is 30.7 Å². The number of thioether (sulfide) groups is 1. The predicted octanol–water partition coefficient (Wildman–Crippen LogP) is 5.02. The Morgan fingerprint density at radius 3 is 2.81 bits per heavy atom. The average Bonchev–Trinajstić information content (AvgIpc) is 3.27. The largest absolute Gasteiger partial charge is 0.325 e. The maximum atomic E-state index is 12.3. The molecule has 0 atom stereocenters. The summed E-state index contributed by atoms with van der Waals surface area (Å²) in [6, 6.07) is 9.98. The minimum atomic E-state index is -0.0398. The van der Waals surface area contributed by atoms with Crippen LogP contribution in [0.3, 0.4) is 0 Å². The first-order valence-electron chi connectivity index (χ1n) is 9.11. The first-order valence-corrected chi connectivity index (χ1v) is 11.0. The highest BCUT2D eigenvalue weighted by Crippen LogP contribution is 2.28. The fourth-order valence-corrected chi connectivity index (χ4v) is 4.35. The second-order valence-corrected chi connectivity index (χ2v) is 8.26.